The monoisotopic (exact) mass is 233 g/mol. The van der Waals surface area contributed by atoms with E-state index in [0.29, 0.717) is 6.04 Å². The van der Waals surface area contributed by atoms with Gasteiger partial charge in [0.05, 0.1) is 6.04 Å². The van der Waals surface area contributed by atoms with Crippen LogP contribution in [0.2, 0.25) is 0 Å². The van der Waals surface area contributed by atoms with Crippen molar-refractivity contribution in [3.63, 3.8) is 0 Å². The van der Waals surface area contributed by atoms with Crippen molar-refractivity contribution >= 4 is 0 Å². The molecule has 1 aromatic rings. The van der Waals surface area contributed by atoms with E-state index in [0.717, 1.165) is 29.3 Å². The molecule has 3 rings (SSSR count). The van der Waals surface area contributed by atoms with Crippen molar-refractivity contribution in [2.75, 3.05) is 6.54 Å². The third kappa shape index (κ3) is 2.74. The van der Waals surface area contributed by atoms with Gasteiger partial charge in [-0.15, -0.1) is 0 Å². The lowest BCUT2D eigenvalue weighted by Gasteiger charge is -2.19. The molecular weight excluding hydrogens is 210 g/mol. The second kappa shape index (κ2) is 4.49. The van der Waals surface area contributed by atoms with Crippen LogP contribution in [0.3, 0.4) is 0 Å². The Morgan fingerprint density at radius 3 is 2.35 bits per heavy atom. The van der Waals surface area contributed by atoms with Crippen molar-refractivity contribution in [1.82, 2.24) is 5.32 Å². The molecule has 0 spiro atoms. The maximum absolute atomic E-state index is 5.67. The highest BCUT2D eigenvalue weighted by atomic mass is 16.3. The Hall–Kier alpha value is -0.760. The first-order valence-electron chi connectivity index (χ1n) is 7.04. The van der Waals surface area contributed by atoms with Crippen molar-refractivity contribution in [2.45, 2.75) is 45.6 Å². The predicted molar refractivity (Wildman–Crippen MR) is 68.8 cm³/mol. The van der Waals surface area contributed by atoms with Crippen LogP contribution in [0.1, 0.15) is 50.2 Å². The third-order valence-electron chi connectivity index (χ3n) is 4.30. The lowest BCUT2D eigenvalue weighted by molar-refractivity contribution is 0.340. The van der Waals surface area contributed by atoms with E-state index >= 15 is 0 Å². The van der Waals surface area contributed by atoms with Gasteiger partial charge >= 0.3 is 0 Å². The molecule has 1 heterocycles. The van der Waals surface area contributed by atoms with Crippen molar-refractivity contribution in [3.8, 4) is 0 Å². The third-order valence-corrected chi connectivity index (χ3v) is 4.30. The van der Waals surface area contributed by atoms with E-state index in [1.54, 1.807) is 0 Å². The number of rotatable bonds is 6. The molecule has 17 heavy (non-hydrogen) atoms. The van der Waals surface area contributed by atoms with Crippen LogP contribution < -0.4 is 5.32 Å². The van der Waals surface area contributed by atoms with Gasteiger partial charge in [-0.25, -0.2) is 0 Å². The normalized spacial score (nSPS) is 22.1. The topological polar surface area (TPSA) is 25.2 Å². The first-order valence-corrected chi connectivity index (χ1v) is 7.04. The van der Waals surface area contributed by atoms with E-state index in [9.17, 15) is 0 Å². The summed E-state index contributed by atoms with van der Waals surface area (Å²) in [5.41, 5.74) is 0. The highest BCUT2D eigenvalue weighted by Crippen LogP contribution is 2.48. The predicted octanol–water partition coefficient (Wildman–Crippen LogP) is 3.67. The van der Waals surface area contributed by atoms with E-state index in [-0.39, 0.29) is 0 Å². The summed E-state index contributed by atoms with van der Waals surface area (Å²) in [5, 5.41) is 3.66. The van der Waals surface area contributed by atoms with E-state index in [1.807, 2.05) is 13.0 Å². The summed E-state index contributed by atoms with van der Waals surface area (Å²) in [7, 11) is 0. The highest BCUT2D eigenvalue weighted by molar-refractivity contribution is 5.09. The zero-order chi connectivity index (χ0) is 11.8. The molecular formula is C15H23NO. The van der Waals surface area contributed by atoms with Crippen LogP contribution in [0.15, 0.2) is 16.5 Å². The molecule has 1 atom stereocenters. The fourth-order valence-electron chi connectivity index (χ4n) is 2.87. The molecule has 2 nitrogen and oxygen atoms in total. The standard InChI is InChI=1S/C15H23NO/c1-10-3-8-15(17-10)11(2)16-9-14(12-4-5-12)13-6-7-13/h3,8,11-14,16H,4-7,9H2,1-2H3. The molecule has 0 radical (unpaired) electrons. The van der Waals surface area contributed by atoms with Gasteiger partial charge in [-0.3, -0.25) is 0 Å². The summed E-state index contributed by atoms with van der Waals surface area (Å²) in [4.78, 5) is 0. The Balaban J connectivity index is 1.52. The largest absolute Gasteiger partial charge is 0.465 e. The minimum absolute atomic E-state index is 0.351. The molecule has 94 valence electrons. The average Bonchev–Trinajstić information content (AvgIpc) is 3.20. The Kier molecular flexibility index (Phi) is 2.99. The maximum atomic E-state index is 5.67. The summed E-state index contributed by atoms with van der Waals surface area (Å²) in [6, 6.07) is 4.49. The number of aryl methyl sites for hydroxylation is 1. The van der Waals surface area contributed by atoms with Gasteiger partial charge in [-0.2, -0.15) is 0 Å². The molecule has 0 saturated heterocycles. The molecule has 1 aromatic heterocycles. The van der Waals surface area contributed by atoms with Crippen molar-refractivity contribution in [2.24, 2.45) is 17.8 Å². The van der Waals surface area contributed by atoms with Crippen LogP contribution in [0.5, 0.6) is 0 Å². The Bertz CT molecular complexity index is 364. The molecule has 2 fully saturated rings. The summed E-state index contributed by atoms with van der Waals surface area (Å²) >= 11 is 0. The Labute approximate surface area is 104 Å². The van der Waals surface area contributed by atoms with Crippen molar-refractivity contribution in [3.05, 3.63) is 23.7 Å². The second-order valence-electron chi connectivity index (χ2n) is 5.92. The van der Waals surface area contributed by atoms with Crippen LogP contribution in [-0.4, -0.2) is 6.54 Å². The SMILES string of the molecule is Cc1ccc(C(C)NCC(C2CC2)C2CC2)o1. The summed E-state index contributed by atoms with van der Waals surface area (Å²) < 4.78 is 5.67. The smallest absolute Gasteiger partial charge is 0.120 e. The fraction of sp³-hybridized carbons (Fsp3) is 0.733. The minimum atomic E-state index is 0.351. The van der Waals surface area contributed by atoms with Crippen LogP contribution in [0, 0.1) is 24.7 Å². The maximum Gasteiger partial charge on any atom is 0.120 e. The summed E-state index contributed by atoms with van der Waals surface area (Å²) in [6.07, 6.45) is 5.88. The van der Waals surface area contributed by atoms with Crippen LogP contribution in [0.25, 0.3) is 0 Å². The van der Waals surface area contributed by atoms with Crippen molar-refractivity contribution < 1.29 is 4.42 Å². The van der Waals surface area contributed by atoms with E-state index in [4.69, 9.17) is 4.42 Å². The minimum Gasteiger partial charge on any atom is -0.465 e. The molecule has 2 saturated carbocycles. The zero-order valence-electron chi connectivity index (χ0n) is 10.9. The van der Waals surface area contributed by atoms with Crippen LogP contribution in [-0.2, 0) is 0 Å². The van der Waals surface area contributed by atoms with Gasteiger partial charge in [0.15, 0.2) is 0 Å². The average molecular weight is 233 g/mol. The van der Waals surface area contributed by atoms with Crippen LogP contribution >= 0.6 is 0 Å². The molecule has 2 aliphatic rings. The van der Waals surface area contributed by atoms with Gasteiger partial charge in [-0.1, -0.05) is 0 Å². The molecule has 2 aliphatic carbocycles. The van der Waals surface area contributed by atoms with Gasteiger partial charge in [0.1, 0.15) is 11.5 Å². The van der Waals surface area contributed by atoms with Crippen LogP contribution in [0.4, 0.5) is 0 Å². The first kappa shape index (κ1) is 11.3. The molecule has 1 N–H and O–H groups in total. The van der Waals surface area contributed by atoms with Gasteiger partial charge in [0, 0.05) is 0 Å². The molecule has 1 unspecified atom stereocenters. The Morgan fingerprint density at radius 2 is 1.88 bits per heavy atom. The molecule has 0 amide bonds. The summed E-state index contributed by atoms with van der Waals surface area (Å²) in [5.74, 6) is 5.08. The number of nitrogens with one attached hydrogen (secondary N) is 1. The molecule has 0 aromatic carbocycles. The number of hydrogen-bond donors (Lipinski definition) is 1. The molecule has 2 heteroatoms. The lowest BCUT2D eigenvalue weighted by atomic mass is 9.97. The van der Waals surface area contributed by atoms with E-state index < -0.39 is 0 Å². The van der Waals surface area contributed by atoms with Gasteiger partial charge in [0.25, 0.3) is 0 Å². The number of furan rings is 1. The molecule has 0 bridgehead atoms. The quantitative estimate of drug-likeness (QED) is 0.811. The van der Waals surface area contributed by atoms with Crippen molar-refractivity contribution in [1.29, 1.82) is 0 Å². The summed E-state index contributed by atoms with van der Waals surface area (Å²) in [6.45, 7) is 5.39. The van der Waals surface area contributed by atoms with Gasteiger partial charge < -0.3 is 9.73 Å². The van der Waals surface area contributed by atoms with E-state index in [1.165, 1.54) is 32.2 Å². The number of hydrogen-bond acceptors (Lipinski definition) is 2. The fourth-order valence-corrected chi connectivity index (χ4v) is 2.87. The molecule has 0 aliphatic heterocycles. The second-order valence-corrected chi connectivity index (χ2v) is 5.92. The van der Waals surface area contributed by atoms with E-state index in [2.05, 4.69) is 18.3 Å². The van der Waals surface area contributed by atoms with Gasteiger partial charge in [0.2, 0.25) is 0 Å². The first-order chi connectivity index (χ1) is 8.24. The Morgan fingerprint density at radius 1 is 1.24 bits per heavy atom. The zero-order valence-corrected chi connectivity index (χ0v) is 10.9. The lowest BCUT2D eigenvalue weighted by Crippen LogP contribution is -2.27. The highest BCUT2D eigenvalue weighted by Gasteiger charge is 2.41. The van der Waals surface area contributed by atoms with Gasteiger partial charge in [-0.05, 0) is 76.0 Å².